The van der Waals surface area contributed by atoms with Crippen LogP contribution in [0.3, 0.4) is 0 Å². The Kier molecular flexibility index (Phi) is 5.84. The zero-order chi connectivity index (χ0) is 22.3. The predicted octanol–water partition coefficient (Wildman–Crippen LogP) is 3.77. The van der Waals surface area contributed by atoms with Crippen molar-refractivity contribution in [2.75, 3.05) is 39.4 Å². The summed E-state index contributed by atoms with van der Waals surface area (Å²) in [7, 11) is 0. The lowest BCUT2D eigenvalue weighted by molar-refractivity contribution is -0.142. The molecule has 2 aromatic rings. The van der Waals surface area contributed by atoms with E-state index in [-0.39, 0.29) is 12.5 Å². The normalized spacial score (nSPS) is 22.4. The number of rotatable bonds is 6. The number of likely N-dealkylation sites (tertiary alicyclic amines) is 2. The van der Waals surface area contributed by atoms with Crippen LogP contribution in [0.25, 0.3) is 5.69 Å². The maximum absolute atomic E-state index is 12.4. The van der Waals surface area contributed by atoms with E-state index in [9.17, 15) is 4.79 Å². The van der Waals surface area contributed by atoms with Gasteiger partial charge < -0.3 is 9.64 Å². The first-order valence-corrected chi connectivity index (χ1v) is 12.2. The molecule has 0 bridgehead atoms. The Morgan fingerprint density at radius 1 is 1.25 bits per heavy atom. The molecule has 3 heterocycles. The number of aromatic nitrogens is 2. The molecule has 172 valence electrons. The number of piperidine rings is 1. The van der Waals surface area contributed by atoms with Crippen molar-refractivity contribution in [3.05, 3.63) is 47.3 Å². The second-order valence-corrected chi connectivity index (χ2v) is 10.6. The molecule has 0 radical (unpaired) electrons. The third-order valence-electron chi connectivity index (χ3n) is 7.52. The smallest absolute Gasteiger partial charge is 0.248 e. The van der Waals surface area contributed by atoms with E-state index in [1.807, 2.05) is 15.8 Å². The van der Waals surface area contributed by atoms with Gasteiger partial charge in [-0.25, -0.2) is 4.68 Å². The Bertz CT molecular complexity index is 966. The molecule has 0 unspecified atom stereocenters. The molecule has 1 aliphatic carbocycles. The van der Waals surface area contributed by atoms with E-state index in [4.69, 9.17) is 4.74 Å². The lowest BCUT2D eigenvalue weighted by Crippen LogP contribution is -2.61. The molecule has 6 heteroatoms. The molecule has 1 amide bonds. The number of carbonyl (C=O) groups excluding carboxylic acids is 1. The number of aryl methyl sites for hydroxylation is 2. The largest absolute Gasteiger partial charge is 0.371 e. The summed E-state index contributed by atoms with van der Waals surface area (Å²) in [6.07, 6.45) is 8.60. The van der Waals surface area contributed by atoms with Crippen LogP contribution < -0.4 is 0 Å². The molecule has 5 rings (SSSR count). The third-order valence-corrected chi connectivity index (χ3v) is 7.52. The van der Waals surface area contributed by atoms with Crippen molar-refractivity contribution >= 4 is 5.91 Å². The lowest BCUT2D eigenvalue weighted by Gasteiger charge is -2.56. The zero-order valence-electron chi connectivity index (χ0n) is 19.7. The van der Waals surface area contributed by atoms with Crippen LogP contribution in [0.1, 0.15) is 55.8 Å². The van der Waals surface area contributed by atoms with Gasteiger partial charge in [0.2, 0.25) is 5.91 Å². The van der Waals surface area contributed by atoms with Crippen molar-refractivity contribution in [2.45, 2.75) is 52.5 Å². The number of amides is 1. The minimum absolute atomic E-state index is 0.157. The summed E-state index contributed by atoms with van der Waals surface area (Å²) in [5.41, 5.74) is 5.73. The van der Waals surface area contributed by atoms with Gasteiger partial charge in [0.1, 0.15) is 6.61 Å². The summed E-state index contributed by atoms with van der Waals surface area (Å²) in [5.74, 6) is 0.625. The Balaban J connectivity index is 1.14. The van der Waals surface area contributed by atoms with Crippen molar-refractivity contribution < 1.29 is 9.53 Å². The highest BCUT2D eigenvalue weighted by Crippen LogP contribution is 2.47. The van der Waals surface area contributed by atoms with Crippen molar-refractivity contribution in [1.29, 1.82) is 0 Å². The summed E-state index contributed by atoms with van der Waals surface area (Å²) in [5, 5.41) is 4.46. The first-order valence-electron chi connectivity index (χ1n) is 12.2. The van der Waals surface area contributed by atoms with Crippen molar-refractivity contribution in [1.82, 2.24) is 19.6 Å². The van der Waals surface area contributed by atoms with Gasteiger partial charge in [0.25, 0.3) is 0 Å². The molecule has 32 heavy (non-hydrogen) atoms. The van der Waals surface area contributed by atoms with Gasteiger partial charge in [-0.3, -0.25) is 9.69 Å². The highest BCUT2D eigenvalue weighted by Gasteiger charge is 2.48. The van der Waals surface area contributed by atoms with E-state index < -0.39 is 0 Å². The highest BCUT2D eigenvalue weighted by molar-refractivity contribution is 5.77. The van der Waals surface area contributed by atoms with Gasteiger partial charge in [-0.1, -0.05) is 19.9 Å². The van der Waals surface area contributed by atoms with Crippen LogP contribution >= 0.6 is 0 Å². The van der Waals surface area contributed by atoms with Crippen molar-refractivity contribution in [3.8, 4) is 5.69 Å². The van der Waals surface area contributed by atoms with Gasteiger partial charge in [-0.15, -0.1) is 0 Å². The van der Waals surface area contributed by atoms with E-state index in [0.717, 1.165) is 38.0 Å². The summed E-state index contributed by atoms with van der Waals surface area (Å²) in [6, 6.07) is 7.41. The molecular weight excluding hydrogens is 400 g/mol. The predicted molar refractivity (Wildman–Crippen MR) is 125 cm³/mol. The summed E-state index contributed by atoms with van der Waals surface area (Å²) in [6.45, 7) is 11.3. The fourth-order valence-electron chi connectivity index (χ4n) is 5.71. The van der Waals surface area contributed by atoms with Crippen LogP contribution in [-0.2, 0) is 16.0 Å². The van der Waals surface area contributed by atoms with Gasteiger partial charge in [0.05, 0.1) is 11.9 Å². The van der Waals surface area contributed by atoms with Gasteiger partial charge >= 0.3 is 0 Å². The van der Waals surface area contributed by atoms with Crippen LogP contribution in [0.5, 0.6) is 0 Å². The van der Waals surface area contributed by atoms with Gasteiger partial charge in [-0.05, 0) is 72.8 Å². The van der Waals surface area contributed by atoms with Crippen LogP contribution in [0.15, 0.2) is 30.6 Å². The van der Waals surface area contributed by atoms with Gasteiger partial charge in [0, 0.05) is 45.0 Å². The van der Waals surface area contributed by atoms with E-state index in [1.54, 1.807) is 0 Å². The van der Waals surface area contributed by atoms with Crippen LogP contribution in [-0.4, -0.2) is 64.9 Å². The number of benzene rings is 1. The summed E-state index contributed by atoms with van der Waals surface area (Å²) in [4.78, 5) is 17.1. The van der Waals surface area contributed by atoms with Crippen molar-refractivity contribution in [3.63, 3.8) is 0 Å². The third kappa shape index (κ3) is 4.23. The average molecular weight is 437 g/mol. The highest BCUT2D eigenvalue weighted by atomic mass is 16.5. The molecule has 6 nitrogen and oxygen atoms in total. The topological polar surface area (TPSA) is 50.6 Å². The molecular formula is C26H36N4O2. The molecule has 2 fully saturated rings. The Morgan fingerprint density at radius 2 is 2.03 bits per heavy atom. The van der Waals surface area contributed by atoms with E-state index in [0.29, 0.717) is 24.0 Å². The SMILES string of the molecule is Cc1cnn(-c2ccc3c(c2)CC[C@H]3N2CC3(CCN(C(=O)COCC(C)C)CC3)C2)c1. The first-order chi connectivity index (χ1) is 15.4. The molecule has 2 saturated heterocycles. The minimum Gasteiger partial charge on any atom is -0.371 e. The zero-order valence-corrected chi connectivity index (χ0v) is 19.7. The Labute approximate surface area is 191 Å². The molecule has 3 aliphatic rings. The molecule has 1 spiro atoms. The Hall–Kier alpha value is -2.18. The maximum Gasteiger partial charge on any atom is 0.248 e. The number of nitrogens with zero attached hydrogens (tertiary/aromatic N) is 4. The molecule has 0 saturated carbocycles. The molecule has 1 aromatic carbocycles. The number of hydrogen-bond donors (Lipinski definition) is 0. The second kappa shape index (κ2) is 8.64. The van der Waals surface area contributed by atoms with Crippen molar-refractivity contribution in [2.24, 2.45) is 11.3 Å². The first kappa shape index (κ1) is 21.7. The van der Waals surface area contributed by atoms with Gasteiger partial charge in [-0.2, -0.15) is 5.10 Å². The Morgan fingerprint density at radius 3 is 2.72 bits per heavy atom. The average Bonchev–Trinajstić information content (AvgIpc) is 3.37. The van der Waals surface area contributed by atoms with Crippen LogP contribution in [0.4, 0.5) is 0 Å². The maximum atomic E-state index is 12.4. The minimum atomic E-state index is 0.157. The second-order valence-electron chi connectivity index (χ2n) is 10.6. The number of hydrogen-bond acceptors (Lipinski definition) is 4. The standard InChI is InChI=1S/C26H36N4O2/c1-19(2)15-32-16-25(31)28-10-8-26(9-11-28)17-29(18-26)24-7-4-21-12-22(5-6-23(21)24)30-14-20(3)13-27-30/h5-6,12-14,19,24H,4,7-11,15-18H2,1-3H3/t24-/m1/s1. The fraction of sp³-hybridized carbons (Fsp3) is 0.615. The van der Waals surface area contributed by atoms with Gasteiger partial charge in [0.15, 0.2) is 0 Å². The monoisotopic (exact) mass is 436 g/mol. The van der Waals surface area contributed by atoms with E-state index >= 15 is 0 Å². The fourth-order valence-corrected chi connectivity index (χ4v) is 5.71. The van der Waals surface area contributed by atoms with E-state index in [1.165, 1.54) is 36.2 Å². The number of ether oxygens (including phenoxy) is 1. The van der Waals surface area contributed by atoms with Crippen LogP contribution in [0, 0.1) is 18.3 Å². The molecule has 2 aliphatic heterocycles. The summed E-state index contributed by atoms with van der Waals surface area (Å²) < 4.78 is 7.53. The molecule has 1 aromatic heterocycles. The molecule has 0 N–H and O–H groups in total. The van der Waals surface area contributed by atoms with E-state index in [2.05, 4.69) is 55.2 Å². The quantitative estimate of drug-likeness (QED) is 0.692. The van der Waals surface area contributed by atoms with Crippen LogP contribution in [0.2, 0.25) is 0 Å². The lowest BCUT2D eigenvalue weighted by atomic mass is 9.71. The molecule has 1 atom stereocenters. The summed E-state index contributed by atoms with van der Waals surface area (Å²) >= 11 is 0. The number of fused-ring (bicyclic) bond motifs is 1. The number of carbonyl (C=O) groups is 1.